The normalized spacial score (nSPS) is 19.7. The third-order valence-corrected chi connectivity index (χ3v) is 14.9. The smallest absolute Gasteiger partial charge is 0.148 e. The first-order valence-corrected chi connectivity index (χ1v) is 16.5. The van der Waals surface area contributed by atoms with Gasteiger partial charge >= 0.3 is 0 Å². The van der Waals surface area contributed by atoms with E-state index in [0.717, 1.165) is 32.9 Å². The Morgan fingerprint density at radius 2 is 1.33 bits per heavy atom. The molecule has 0 aliphatic carbocycles. The second kappa shape index (κ2) is 10.2. The van der Waals surface area contributed by atoms with Crippen molar-refractivity contribution in [2.45, 2.75) is 5.66 Å². The van der Waals surface area contributed by atoms with Gasteiger partial charge in [-0.15, -0.1) is 0 Å². The molecule has 0 aromatic heterocycles. The van der Waals surface area contributed by atoms with Crippen molar-refractivity contribution in [1.82, 2.24) is 4.78 Å². The van der Waals surface area contributed by atoms with Crippen molar-refractivity contribution in [3.8, 4) is 5.75 Å². The Balaban J connectivity index is 1.65. The summed E-state index contributed by atoms with van der Waals surface area (Å²) >= 11 is 6.53. The molecule has 0 saturated heterocycles. The maximum absolute atomic E-state index is 14.9. The van der Waals surface area contributed by atoms with Crippen molar-refractivity contribution in [3.05, 3.63) is 121 Å². The molecule has 36 heavy (non-hydrogen) atoms. The maximum Gasteiger partial charge on any atom is 0.148 e. The summed E-state index contributed by atoms with van der Waals surface area (Å²) < 4.78 is 22.3. The van der Waals surface area contributed by atoms with Gasteiger partial charge in [0.1, 0.15) is 12.9 Å². The van der Waals surface area contributed by atoms with E-state index in [9.17, 15) is 4.57 Å². The number of hydrogen-bond donors (Lipinski definition) is 0. The predicted octanol–water partition coefficient (Wildman–Crippen LogP) is 5.77. The van der Waals surface area contributed by atoms with Crippen molar-refractivity contribution >= 4 is 46.8 Å². The summed E-state index contributed by atoms with van der Waals surface area (Å²) in [5.41, 5.74) is 1.83. The van der Waals surface area contributed by atoms with E-state index < -0.39 is 13.3 Å². The lowest BCUT2D eigenvalue weighted by Crippen LogP contribution is -2.25. The number of ether oxygens (including phenoxy) is 1. The number of nitrogens with zero attached hydrogens (tertiary/aromatic N) is 2. The molecule has 2 atom stereocenters. The van der Waals surface area contributed by atoms with Gasteiger partial charge in [-0.3, -0.25) is 4.78 Å². The van der Waals surface area contributed by atoms with Gasteiger partial charge in [0, 0.05) is 23.0 Å². The van der Waals surface area contributed by atoms with Crippen LogP contribution in [0.1, 0.15) is 11.2 Å². The second-order valence-electron chi connectivity index (χ2n) is 8.78. The molecule has 1 aliphatic rings. The van der Waals surface area contributed by atoms with Gasteiger partial charge in [0.15, 0.2) is 0 Å². The molecule has 0 N–H and O–H groups in total. The molecule has 0 bridgehead atoms. The summed E-state index contributed by atoms with van der Waals surface area (Å²) in [6.45, 7) is 0. The monoisotopic (exact) mass is 530 g/mol. The van der Waals surface area contributed by atoms with Gasteiger partial charge in [-0.25, -0.2) is 0 Å². The van der Waals surface area contributed by atoms with Gasteiger partial charge in [-0.2, -0.15) is 5.10 Å². The zero-order valence-electron chi connectivity index (χ0n) is 20.3. The summed E-state index contributed by atoms with van der Waals surface area (Å²) in [7, 11) is 0.599. The van der Waals surface area contributed by atoms with E-state index in [-0.39, 0.29) is 5.66 Å². The largest absolute Gasteiger partial charge is 0.497 e. The Hall–Kier alpha value is -2.97. The minimum absolute atomic E-state index is 0.146. The zero-order valence-corrected chi connectivity index (χ0v) is 22.9. The molecular formula is C29H28N2O2P2S. The Labute approximate surface area is 218 Å². The van der Waals surface area contributed by atoms with Gasteiger partial charge < -0.3 is 9.30 Å². The topological polar surface area (TPSA) is 41.9 Å². The van der Waals surface area contributed by atoms with E-state index in [4.69, 9.17) is 21.6 Å². The molecule has 0 saturated carbocycles. The fraction of sp³-hybridized carbons (Fsp3) is 0.138. The van der Waals surface area contributed by atoms with Crippen LogP contribution in [0, 0.1) is 0 Å². The molecule has 4 nitrogen and oxygen atoms in total. The van der Waals surface area contributed by atoms with Crippen LogP contribution in [0.25, 0.3) is 0 Å². The predicted molar refractivity (Wildman–Crippen MR) is 156 cm³/mol. The van der Waals surface area contributed by atoms with Crippen LogP contribution in [0.15, 0.2) is 120 Å². The minimum Gasteiger partial charge on any atom is -0.497 e. The molecule has 182 valence electrons. The van der Waals surface area contributed by atoms with Crippen LogP contribution < -0.4 is 20.7 Å². The third kappa shape index (κ3) is 4.37. The van der Waals surface area contributed by atoms with Crippen LogP contribution in [0.2, 0.25) is 0 Å². The molecule has 4 aromatic carbocycles. The summed E-state index contributed by atoms with van der Waals surface area (Å²) in [6.07, 6.45) is -2.08. The fourth-order valence-corrected chi connectivity index (χ4v) is 11.8. The van der Waals surface area contributed by atoms with Crippen molar-refractivity contribution < 1.29 is 9.30 Å². The Morgan fingerprint density at radius 1 is 0.833 bits per heavy atom. The first-order chi connectivity index (χ1) is 17.5. The lowest BCUT2D eigenvalue weighted by atomic mass is 10.1. The molecule has 0 spiro atoms. The van der Waals surface area contributed by atoms with Gasteiger partial charge in [0.05, 0.1) is 30.8 Å². The summed E-state index contributed by atoms with van der Waals surface area (Å²) in [4.78, 5) is 0. The van der Waals surface area contributed by atoms with Crippen LogP contribution in [-0.2, 0) is 16.4 Å². The Kier molecular flexibility index (Phi) is 6.99. The molecular weight excluding hydrogens is 502 g/mol. The highest BCUT2D eigenvalue weighted by Crippen LogP contribution is 2.66. The van der Waals surface area contributed by atoms with Crippen molar-refractivity contribution in [2.75, 3.05) is 20.3 Å². The lowest BCUT2D eigenvalue weighted by molar-refractivity contribution is 0.415. The number of hydrazone groups is 1. The zero-order chi connectivity index (χ0) is 25.2. The molecule has 4 aromatic rings. The molecule has 0 amide bonds. The summed E-state index contributed by atoms with van der Waals surface area (Å²) in [5.74, 6) is 0.789. The number of methoxy groups -OCH3 is 1. The molecule has 0 radical (unpaired) electrons. The molecule has 0 fully saturated rings. The molecule has 1 heterocycles. The van der Waals surface area contributed by atoms with Gasteiger partial charge in [-0.05, 0) is 29.8 Å². The fourth-order valence-electron chi connectivity index (χ4n) is 4.83. The average molecular weight is 531 g/mol. The molecule has 1 aliphatic heterocycles. The van der Waals surface area contributed by atoms with Gasteiger partial charge in [-0.1, -0.05) is 103 Å². The summed E-state index contributed by atoms with van der Waals surface area (Å²) in [5, 5.41) is 7.77. The number of rotatable bonds is 7. The third-order valence-electron chi connectivity index (χ3n) is 6.66. The van der Waals surface area contributed by atoms with Gasteiger partial charge in [0.25, 0.3) is 0 Å². The quantitative estimate of drug-likeness (QED) is 0.285. The van der Waals surface area contributed by atoms with Crippen LogP contribution in [0.5, 0.6) is 5.75 Å². The van der Waals surface area contributed by atoms with Crippen LogP contribution in [0.3, 0.4) is 0 Å². The van der Waals surface area contributed by atoms with Gasteiger partial charge in [0.2, 0.25) is 0 Å². The summed E-state index contributed by atoms with van der Waals surface area (Å²) in [6, 6.07) is 37.9. The molecule has 7 heteroatoms. The van der Waals surface area contributed by atoms with E-state index in [1.807, 2.05) is 103 Å². The van der Waals surface area contributed by atoms with Crippen molar-refractivity contribution in [3.63, 3.8) is 0 Å². The van der Waals surface area contributed by atoms with Crippen LogP contribution in [0.4, 0.5) is 0 Å². The van der Waals surface area contributed by atoms with E-state index in [1.165, 1.54) is 0 Å². The first-order valence-electron chi connectivity index (χ1n) is 11.8. The van der Waals surface area contributed by atoms with E-state index in [2.05, 4.69) is 24.3 Å². The molecule has 2 unspecified atom stereocenters. The second-order valence-corrected chi connectivity index (χ2v) is 16.1. The van der Waals surface area contributed by atoms with Crippen LogP contribution in [-0.4, -0.2) is 30.8 Å². The minimum atomic E-state index is -3.02. The number of benzene rings is 4. The highest BCUT2D eigenvalue weighted by atomic mass is 32.4. The van der Waals surface area contributed by atoms with Crippen molar-refractivity contribution in [2.24, 2.45) is 5.10 Å². The van der Waals surface area contributed by atoms with E-state index in [0.29, 0.717) is 6.16 Å². The van der Waals surface area contributed by atoms with Crippen molar-refractivity contribution in [1.29, 1.82) is 0 Å². The van der Waals surface area contributed by atoms with E-state index in [1.54, 1.807) is 7.11 Å². The number of hydrogen-bond acceptors (Lipinski definition) is 4. The first kappa shape index (κ1) is 24.7. The Morgan fingerprint density at radius 3 is 1.83 bits per heavy atom. The average Bonchev–Trinajstić information content (AvgIpc) is 3.19. The maximum atomic E-state index is 14.9. The standard InChI is InChI=1S/C29H28N2O2P2S/c1-31-30-28(22-34(32,25-14-8-4-9-15-25)26-16-10-5-11-17-26)29(23-12-6-3-7-13-23)35(31,36)27-20-18-24(33-2)19-21-27/h3-21,29H,22H2,1-2H3. The highest BCUT2D eigenvalue weighted by molar-refractivity contribution is 8.17. The SMILES string of the molecule is COc1ccc(P2(=S)C(c3ccccc3)C(CP(=O)(c3ccccc3)c3ccccc3)=NN2C)cc1. The highest BCUT2D eigenvalue weighted by Gasteiger charge is 2.46. The lowest BCUT2D eigenvalue weighted by Gasteiger charge is -2.31. The Bertz CT molecular complexity index is 1420. The van der Waals surface area contributed by atoms with Crippen LogP contribution >= 0.6 is 13.3 Å². The van der Waals surface area contributed by atoms with E-state index >= 15 is 0 Å². The molecule has 5 rings (SSSR count).